The number of likely N-dealkylation sites (tertiary alicyclic amines) is 1. The maximum atomic E-state index is 14.2. The largest absolute Gasteiger partial charge is 0.508 e. The molecule has 1 aromatic heterocycles. The Morgan fingerprint density at radius 2 is 1.61 bits per heavy atom. The molecule has 0 aliphatic carbocycles. The number of carboxylic acid groups (broad SMARTS) is 1. The molecule has 57 heavy (non-hydrogen) atoms. The number of aliphatic carboxylic acids is 1. The van der Waals surface area contributed by atoms with Gasteiger partial charge in [0.15, 0.2) is 5.96 Å². The molecule has 13 N–H and O–H groups in total. The number of phenols is 1. The van der Waals surface area contributed by atoms with E-state index < -0.39 is 71.8 Å². The predicted molar refractivity (Wildman–Crippen MR) is 215 cm³/mol. The van der Waals surface area contributed by atoms with Crippen molar-refractivity contribution in [3.8, 4) is 5.75 Å². The Hall–Kier alpha value is -5.37. The number of thioether (sulfide) groups is 1. The molecule has 1 saturated heterocycles. The number of guanidine groups is 1. The first-order valence-corrected chi connectivity index (χ1v) is 20.3. The molecule has 3 rings (SSSR count). The van der Waals surface area contributed by atoms with E-state index in [1.54, 1.807) is 12.1 Å². The molecule has 1 aromatic carbocycles. The monoisotopic (exact) mass is 815 g/mol. The third kappa shape index (κ3) is 15.2. The number of carboxylic acids is 1. The van der Waals surface area contributed by atoms with E-state index >= 15 is 0 Å². The average molecular weight is 816 g/mol. The quantitative estimate of drug-likeness (QED) is 0.0370. The van der Waals surface area contributed by atoms with E-state index in [4.69, 9.17) is 17.2 Å². The summed E-state index contributed by atoms with van der Waals surface area (Å²) < 4.78 is 0. The van der Waals surface area contributed by atoms with Gasteiger partial charge in [-0.05, 0) is 74.1 Å². The van der Waals surface area contributed by atoms with Crippen molar-refractivity contribution >= 4 is 53.2 Å². The molecular weight excluding hydrogens is 759 g/mol. The molecule has 2 aromatic rings. The van der Waals surface area contributed by atoms with Crippen molar-refractivity contribution in [1.82, 2.24) is 36.1 Å². The van der Waals surface area contributed by atoms with Crippen molar-refractivity contribution in [2.75, 3.05) is 25.1 Å². The van der Waals surface area contributed by atoms with Crippen LogP contribution in [-0.2, 0) is 41.6 Å². The van der Waals surface area contributed by atoms with E-state index in [1.165, 1.54) is 41.3 Å². The Morgan fingerprint density at radius 3 is 2.23 bits per heavy atom. The number of aromatic amines is 1. The Kier molecular flexibility index (Phi) is 18.6. The molecule has 1 aliphatic rings. The van der Waals surface area contributed by atoms with E-state index in [9.17, 15) is 39.0 Å². The van der Waals surface area contributed by atoms with E-state index in [1.807, 2.05) is 20.1 Å². The van der Waals surface area contributed by atoms with Gasteiger partial charge in [-0.1, -0.05) is 26.0 Å². The highest BCUT2D eigenvalue weighted by Crippen LogP contribution is 2.21. The molecule has 0 unspecified atom stereocenters. The number of nitrogens with one attached hydrogen (secondary N) is 5. The van der Waals surface area contributed by atoms with Crippen LogP contribution < -0.4 is 38.5 Å². The number of carbonyl (C=O) groups excluding carboxylic acids is 5. The second-order valence-corrected chi connectivity index (χ2v) is 15.4. The Labute approximate surface area is 336 Å². The summed E-state index contributed by atoms with van der Waals surface area (Å²) in [5.74, 6) is -4.05. The zero-order valence-electron chi connectivity index (χ0n) is 32.6. The molecule has 1 aliphatic heterocycles. The number of imidazole rings is 1. The third-order valence-corrected chi connectivity index (χ3v) is 9.95. The van der Waals surface area contributed by atoms with Gasteiger partial charge in [0.2, 0.25) is 29.5 Å². The average Bonchev–Trinajstić information content (AvgIpc) is 3.87. The van der Waals surface area contributed by atoms with Crippen molar-refractivity contribution in [3.05, 3.63) is 48.0 Å². The van der Waals surface area contributed by atoms with E-state index in [0.717, 1.165) is 0 Å². The number of rotatable bonds is 23. The Morgan fingerprint density at radius 1 is 0.947 bits per heavy atom. The van der Waals surface area contributed by atoms with Gasteiger partial charge in [-0.2, -0.15) is 11.8 Å². The SMILES string of the molecule is CSCC[C@H](NC(=O)[C@@H]1CCCN1C(=O)[C@H](CC(C)C)NC(=O)[C@H](Cc1ccc(O)cc1)NC(=O)[C@H](CCCN=C(N)N)NC(=O)[C@@H](N)Cc1cnc[nH]1)C(=O)O. The van der Waals surface area contributed by atoms with Crippen molar-refractivity contribution in [2.24, 2.45) is 28.1 Å². The summed E-state index contributed by atoms with van der Waals surface area (Å²) in [6.45, 7) is 4.11. The lowest BCUT2D eigenvalue weighted by Crippen LogP contribution is -2.59. The molecule has 0 saturated carbocycles. The lowest BCUT2D eigenvalue weighted by molar-refractivity contribution is -0.145. The Balaban J connectivity index is 1.86. The summed E-state index contributed by atoms with van der Waals surface area (Å²) in [7, 11) is 0. The molecule has 20 heteroatoms. The van der Waals surface area contributed by atoms with Crippen molar-refractivity contribution in [1.29, 1.82) is 0 Å². The molecule has 0 radical (unpaired) electrons. The highest BCUT2D eigenvalue weighted by Gasteiger charge is 2.40. The van der Waals surface area contributed by atoms with Crippen LogP contribution in [0.2, 0.25) is 0 Å². The highest BCUT2D eigenvalue weighted by molar-refractivity contribution is 7.98. The number of H-pyrrole nitrogens is 1. The number of amides is 5. The lowest BCUT2D eigenvalue weighted by atomic mass is 9.99. The van der Waals surface area contributed by atoms with Crippen molar-refractivity contribution < 1.29 is 39.0 Å². The smallest absolute Gasteiger partial charge is 0.326 e. The molecule has 0 spiro atoms. The van der Waals surface area contributed by atoms with Crippen molar-refractivity contribution in [3.63, 3.8) is 0 Å². The molecule has 6 atom stereocenters. The van der Waals surface area contributed by atoms with Gasteiger partial charge >= 0.3 is 5.97 Å². The molecular formula is C37H57N11O8S. The fraction of sp³-hybridized carbons (Fsp3) is 0.568. The van der Waals surface area contributed by atoms with Gasteiger partial charge in [0, 0.05) is 37.8 Å². The number of hydrogen-bond donors (Lipinski definition) is 10. The summed E-state index contributed by atoms with van der Waals surface area (Å²) >= 11 is 1.45. The van der Waals surface area contributed by atoms with Gasteiger partial charge in [-0.3, -0.25) is 29.0 Å². The van der Waals surface area contributed by atoms with Gasteiger partial charge in [-0.15, -0.1) is 0 Å². The van der Waals surface area contributed by atoms with Crippen LogP contribution in [0.5, 0.6) is 5.75 Å². The van der Waals surface area contributed by atoms with Crippen LogP contribution in [-0.4, -0.2) is 128 Å². The predicted octanol–water partition coefficient (Wildman–Crippen LogP) is -0.905. The number of nitrogens with zero attached hydrogens (tertiary/aromatic N) is 3. The second kappa shape index (κ2) is 23.0. The first-order chi connectivity index (χ1) is 27.1. The van der Waals surface area contributed by atoms with Gasteiger partial charge in [0.05, 0.1) is 12.4 Å². The minimum Gasteiger partial charge on any atom is -0.508 e. The fourth-order valence-electron chi connectivity index (χ4n) is 6.36. The highest BCUT2D eigenvalue weighted by atomic mass is 32.2. The first kappa shape index (κ1) is 46.0. The standard InChI is InChI=1S/C37H57N11O8S/c1-21(2)16-29(35(54)48-14-5-7-30(48)34(53)45-27(36(55)56)12-15-57-3)47-33(52)28(17-22-8-10-24(49)11-9-22)46-32(51)26(6-4-13-42-37(39)40)44-31(50)25(38)18-23-19-41-20-43-23/h8-11,19-21,25-30,49H,4-7,12-18,38H2,1-3H3,(H,41,43)(H,44,50)(H,45,53)(H,46,51)(H,47,52)(H,55,56)(H4,39,40,42)/t25-,26-,27-,28-,29-,30-/m0/s1. The number of aromatic hydroxyl groups is 1. The molecule has 19 nitrogen and oxygen atoms in total. The number of aromatic nitrogens is 2. The number of phenolic OH excluding ortho intramolecular Hbond substituents is 1. The van der Waals surface area contributed by atoms with Gasteiger partial charge in [-0.25, -0.2) is 9.78 Å². The molecule has 1 fully saturated rings. The normalized spacial score (nSPS) is 16.4. The zero-order valence-corrected chi connectivity index (χ0v) is 33.4. The maximum absolute atomic E-state index is 14.2. The van der Waals surface area contributed by atoms with Crippen LogP contribution in [0.3, 0.4) is 0 Å². The summed E-state index contributed by atoms with van der Waals surface area (Å²) in [6, 6.07) is -0.619. The van der Waals surface area contributed by atoms with Crippen LogP contribution in [0.15, 0.2) is 41.8 Å². The van der Waals surface area contributed by atoms with E-state index in [0.29, 0.717) is 29.9 Å². The number of benzene rings is 1. The fourth-order valence-corrected chi connectivity index (χ4v) is 6.83. The van der Waals surface area contributed by atoms with Crippen LogP contribution in [0.1, 0.15) is 63.6 Å². The topological polar surface area (TPSA) is 313 Å². The van der Waals surface area contributed by atoms with Crippen molar-refractivity contribution in [2.45, 2.75) is 101 Å². The number of nitrogens with two attached hydrogens (primary N) is 3. The maximum Gasteiger partial charge on any atom is 0.326 e. The van der Waals surface area contributed by atoms with E-state index in [-0.39, 0.29) is 69.2 Å². The van der Waals surface area contributed by atoms with Crippen LogP contribution in [0.25, 0.3) is 0 Å². The summed E-state index contributed by atoms with van der Waals surface area (Å²) in [5.41, 5.74) is 18.3. The lowest BCUT2D eigenvalue weighted by Gasteiger charge is -2.31. The molecule has 2 heterocycles. The summed E-state index contributed by atoms with van der Waals surface area (Å²) in [5, 5.41) is 30.4. The summed E-state index contributed by atoms with van der Waals surface area (Å²) in [4.78, 5) is 92.9. The van der Waals surface area contributed by atoms with Gasteiger partial charge < -0.3 is 58.6 Å². The molecule has 5 amide bonds. The van der Waals surface area contributed by atoms with Crippen LogP contribution in [0, 0.1) is 5.92 Å². The van der Waals surface area contributed by atoms with Gasteiger partial charge in [0.25, 0.3) is 0 Å². The minimum absolute atomic E-state index is 0.00969. The minimum atomic E-state index is -1.27. The third-order valence-electron chi connectivity index (χ3n) is 9.30. The zero-order chi connectivity index (χ0) is 42.1. The first-order valence-electron chi connectivity index (χ1n) is 18.9. The number of carbonyl (C=O) groups is 6. The van der Waals surface area contributed by atoms with E-state index in [2.05, 4.69) is 36.2 Å². The second-order valence-electron chi connectivity index (χ2n) is 14.4. The number of aliphatic imine (C=N–C) groups is 1. The number of hydrogen-bond acceptors (Lipinski definition) is 11. The molecule has 314 valence electrons. The Bertz CT molecular complexity index is 1670. The van der Waals surface area contributed by atoms with Crippen LogP contribution >= 0.6 is 11.8 Å². The van der Waals surface area contributed by atoms with Crippen LogP contribution in [0.4, 0.5) is 0 Å². The van der Waals surface area contributed by atoms with Gasteiger partial charge in [0.1, 0.15) is 36.0 Å². The molecule has 0 bridgehead atoms. The summed E-state index contributed by atoms with van der Waals surface area (Å²) in [6.07, 6.45) is 6.43.